The van der Waals surface area contributed by atoms with E-state index in [-0.39, 0.29) is 11.8 Å². The van der Waals surface area contributed by atoms with Crippen molar-refractivity contribution in [1.29, 1.82) is 0 Å². The Morgan fingerprint density at radius 3 is 3.00 bits per heavy atom. The molecule has 0 saturated carbocycles. The van der Waals surface area contributed by atoms with Gasteiger partial charge in [-0.3, -0.25) is 9.69 Å². The number of hydrogen-bond acceptors (Lipinski definition) is 5. The first kappa shape index (κ1) is 15.7. The third kappa shape index (κ3) is 3.76. The first-order valence-corrected chi connectivity index (χ1v) is 7.99. The van der Waals surface area contributed by atoms with Crippen LogP contribution in [-0.2, 0) is 11.3 Å². The van der Waals surface area contributed by atoms with Crippen molar-refractivity contribution in [2.24, 2.45) is 5.92 Å². The minimum absolute atomic E-state index is 0.00812. The summed E-state index contributed by atoms with van der Waals surface area (Å²) in [6.45, 7) is 6.43. The lowest BCUT2D eigenvalue weighted by atomic mass is 9.96. The summed E-state index contributed by atoms with van der Waals surface area (Å²) in [7, 11) is 0. The molecule has 1 fully saturated rings. The summed E-state index contributed by atoms with van der Waals surface area (Å²) >= 11 is 0. The van der Waals surface area contributed by atoms with Crippen molar-refractivity contribution in [3.8, 4) is 0 Å². The van der Waals surface area contributed by atoms with Gasteiger partial charge in [0.2, 0.25) is 5.91 Å². The Labute approximate surface area is 135 Å². The molecule has 0 aromatic carbocycles. The Bertz CT molecular complexity index is 649. The first-order valence-electron chi connectivity index (χ1n) is 7.99. The molecule has 0 radical (unpaired) electrons. The Balaban J connectivity index is 1.61. The Hall–Kier alpha value is -2.21. The maximum atomic E-state index is 12.4. The van der Waals surface area contributed by atoms with Gasteiger partial charge in [0, 0.05) is 24.8 Å². The second-order valence-electron chi connectivity index (χ2n) is 6.08. The average molecular weight is 314 g/mol. The van der Waals surface area contributed by atoms with Crippen LogP contribution in [0.15, 0.2) is 28.9 Å². The summed E-state index contributed by atoms with van der Waals surface area (Å²) in [4.78, 5) is 18.9. The predicted octanol–water partition coefficient (Wildman–Crippen LogP) is 2.54. The molecule has 1 amide bonds. The van der Waals surface area contributed by atoms with Gasteiger partial charge < -0.3 is 9.84 Å². The van der Waals surface area contributed by atoms with Gasteiger partial charge in [-0.15, -0.1) is 0 Å². The smallest absolute Gasteiger partial charge is 0.229 e. The van der Waals surface area contributed by atoms with Crippen molar-refractivity contribution in [3.63, 3.8) is 0 Å². The van der Waals surface area contributed by atoms with Crippen molar-refractivity contribution in [1.82, 2.24) is 15.0 Å². The number of carbonyl (C=O) groups is 1. The van der Waals surface area contributed by atoms with Crippen LogP contribution in [0.25, 0.3) is 0 Å². The fraction of sp³-hybridized carbons (Fsp3) is 0.471. The lowest BCUT2D eigenvalue weighted by Crippen LogP contribution is -2.40. The summed E-state index contributed by atoms with van der Waals surface area (Å²) in [5.74, 6) is 1.52. The number of aromatic nitrogens is 2. The highest BCUT2D eigenvalue weighted by atomic mass is 16.5. The molecule has 2 aromatic rings. The van der Waals surface area contributed by atoms with E-state index in [2.05, 4.69) is 20.4 Å². The number of aryl methyl sites for hydroxylation is 2. The minimum atomic E-state index is -0.00812. The normalized spacial score (nSPS) is 18.8. The maximum absolute atomic E-state index is 12.4. The van der Waals surface area contributed by atoms with E-state index in [1.165, 1.54) is 0 Å². The quantitative estimate of drug-likeness (QED) is 0.939. The molecule has 2 aromatic heterocycles. The minimum Gasteiger partial charge on any atom is -0.361 e. The Morgan fingerprint density at radius 2 is 2.30 bits per heavy atom. The summed E-state index contributed by atoms with van der Waals surface area (Å²) in [6.07, 6.45) is 3.61. The van der Waals surface area contributed by atoms with Gasteiger partial charge in [0.25, 0.3) is 0 Å². The monoisotopic (exact) mass is 314 g/mol. The number of nitrogens with one attached hydrogen (secondary N) is 1. The molecule has 1 N–H and O–H groups in total. The lowest BCUT2D eigenvalue weighted by Gasteiger charge is -2.31. The van der Waals surface area contributed by atoms with E-state index >= 15 is 0 Å². The van der Waals surface area contributed by atoms with Crippen molar-refractivity contribution in [2.45, 2.75) is 33.2 Å². The molecule has 0 spiro atoms. The molecule has 3 rings (SSSR count). The molecule has 1 saturated heterocycles. The zero-order valence-electron chi connectivity index (χ0n) is 13.6. The molecule has 0 aliphatic carbocycles. The molecule has 1 atom stereocenters. The third-order valence-corrected chi connectivity index (χ3v) is 4.36. The Kier molecular flexibility index (Phi) is 4.71. The second kappa shape index (κ2) is 6.91. The number of anilines is 1. The Morgan fingerprint density at radius 1 is 1.43 bits per heavy atom. The van der Waals surface area contributed by atoms with E-state index in [9.17, 15) is 4.79 Å². The number of nitrogens with zero attached hydrogens (tertiary/aromatic N) is 3. The van der Waals surface area contributed by atoms with Crippen LogP contribution in [0.4, 0.5) is 5.82 Å². The molecule has 1 aliphatic heterocycles. The van der Waals surface area contributed by atoms with Crippen LogP contribution in [0.5, 0.6) is 0 Å². The zero-order valence-corrected chi connectivity index (χ0v) is 13.6. The van der Waals surface area contributed by atoms with Crippen molar-refractivity contribution >= 4 is 11.7 Å². The van der Waals surface area contributed by atoms with Gasteiger partial charge in [-0.1, -0.05) is 11.2 Å². The molecular weight excluding hydrogens is 292 g/mol. The van der Waals surface area contributed by atoms with E-state index in [0.29, 0.717) is 5.82 Å². The molecular formula is C17H22N4O2. The molecule has 6 heteroatoms. The van der Waals surface area contributed by atoms with E-state index in [1.54, 1.807) is 6.20 Å². The molecule has 0 bridgehead atoms. The van der Waals surface area contributed by atoms with Crippen LogP contribution in [0.3, 0.4) is 0 Å². The zero-order chi connectivity index (χ0) is 16.2. The van der Waals surface area contributed by atoms with E-state index in [4.69, 9.17) is 4.52 Å². The fourth-order valence-corrected chi connectivity index (χ4v) is 3.03. The highest BCUT2D eigenvalue weighted by Crippen LogP contribution is 2.22. The van der Waals surface area contributed by atoms with Crippen molar-refractivity contribution in [2.75, 3.05) is 18.4 Å². The number of carbonyl (C=O) groups excluding carboxylic acids is 1. The van der Waals surface area contributed by atoms with Crippen LogP contribution in [0, 0.1) is 19.8 Å². The standard InChI is InChI=1S/C17H22N4O2/c1-12-15(13(2)23-20-12)11-21-9-5-6-14(10-21)17(22)19-16-7-3-4-8-18-16/h3-4,7-8,14H,5-6,9-11H2,1-2H3,(H,18,19,22). The number of pyridine rings is 1. The summed E-state index contributed by atoms with van der Waals surface area (Å²) in [6, 6.07) is 5.51. The third-order valence-electron chi connectivity index (χ3n) is 4.36. The van der Waals surface area contributed by atoms with Crippen molar-refractivity contribution in [3.05, 3.63) is 41.4 Å². The van der Waals surface area contributed by atoms with Gasteiger partial charge in [0.15, 0.2) is 0 Å². The van der Waals surface area contributed by atoms with Gasteiger partial charge in [-0.25, -0.2) is 4.98 Å². The topological polar surface area (TPSA) is 71.3 Å². The lowest BCUT2D eigenvalue weighted by molar-refractivity contribution is -0.121. The van der Waals surface area contributed by atoms with Crippen molar-refractivity contribution < 1.29 is 9.32 Å². The predicted molar refractivity (Wildman–Crippen MR) is 86.8 cm³/mol. The van der Waals surface area contributed by atoms with Crippen LogP contribution < -0.4 is 5.32 Å². The SMILES string of the molecule is Cc1noc(C)c1CN1CCCC(C(=O)Nc2ccccn2)C1. The van der Waals surface area contributed by atoms with Gasteiger partial charge in [0.1, 0.15) is 11.6 Å². The fourth-order valence-electron chi connectivity index (χ4n) is 3.03. The average Bonchev–Trinajstić information content (AvgIpc) is 2.88. The molecule has 1 unspecified atom stereocenters. The molecule has 23 heavy (non-hydrogen) atoms. The molecule has 3 heterocycles. The van der Waals surface area contributed by atoms with E-state index in [1.807, 2.05) is 32.0 Å². The molecule has 1 aliphatic rings. The number of likely N-dealkylation sites (tertiary alicyclic amines) is 1. The van der Waals surface area contributed by atoms with Crippen LogP contribution in [0.2, 0.25) is 0 Å². The number of amides is 1. The number of piperidine rings is 1. The van der Waals surface area contributed by atoms with Gasteiger partial charge in [-0.05, 0) is 45.4 Å². The number of hydrogen-bond donors (Lipinski definition) is 1. The van der Waals surface area contributed by atoms with Crippen LogP contribution in [-0.4, -0.2) is 34.0 Å². The first-order chi connectivity index (χ1) is 11.1. The van der Waals surface area contributed by atoms with Gasteiger partial charge >= 0.3 is 0 Å². The van der Waals surface area contributed by atoms with E-state index in [0.717, 1.165) is 49.5 Å². The van der Waals surface area contributed by atoms with Gasteiger partial charge in [-0.2, -0.15) is 0 Å². The highest BCUT2D eigenvalue weighted by Gasteiger charge is 2.27. The summed E-state index contributed by atoms with van der Waals surface area (Å²) in [5, 5.41) is 6.91. The van der Waals surface area contributed by atoms with Crippen LogP contribution >= 0.6 is 0 Å². The molecule has 122 valence electrons. The van der Waals surface area contributed by atoms with E-state index < -0.39 is 0 Å². The largest absolute Gasteiger partial charge is 0.361 e. The second-order valence-corrected chi connectivity index (χ2v) is 6.08. The summed E-state index contributed by atoms with van der Waals surface area (Å²) in [5.41, 5.74) is 2.07. The maximum Gasteiger partial charge on any atom is 0.229 e. The summed E-state index contributed by atoms with van der Waals surface area (Å²) < 4.78 is 5.23. The number of rotatable bonds is 4. The molecule has 6 nitrogen and oxygen atoms in total. The highest BCUT2D eigenvalue weighted by molar-refractivity contribution is 5.91. The van der Waals surface area contributed by atoms with Crippen LogP contribution in [0.1, 0.15) is 29.9 Å². The van der Waals surface area contributed by atoms with Gasteiger partial charge in [0.05, 0.1) is 11.6 Å².